The van der Waals surface area contributed by atoms with Gasteiger partial charge in [0.2, 0.25) is 0 Å². The van der Waals surface area contributed by atoms with Gasteiger partial charge in [-0.25, -0.2) is 4.98 Å². The highest BCUT2D eigenvalue weighted by Crippen LogP contribution is 2.17. The number of aromatic nitrogens is 1. The van der Waals surface area contributed by atoms with Crippen molar-refractivity contribution in [2.24, 2.45) is 0 Å². The van der Waals surface area contributed by atoms with Gasteiger partial charge in [0.25, 0.3) is 0 Å². The zero-order valence-electron chi connectivity index (χ0n) is 12.8. The van der Waals surface area contributed by atoms with Gasteiger partial charge in [-0.3, -0.25) is 0 Å². The van der Waals surface area contributed by atoms with Crippen molar-refractivity contribution < 1.29 is 0 Å². The second-order valence-electron chi connectivity index (χ2n) is 5.49. The van der Waals surface area contributed by atoms with E-state index in [9.17, 15) is 0 Å². The molecule has 1 heterocycles. The summed E-state index contributed by atoms with van der Waals surface area (Å²) in [5.74, 6) is 0.973. The molecular weight excluding hydrogens is 246 g/mol. The molecule has 2 aromatic rings. The number of pyridine rings is 1. The largest absolute Gasteiger partial charge is 0.397 e. The maximum atomic E-state index is 5.80. The molecule has 3 heteroatoms. The summed E-state index contributed by atoms with van der Waals surface area (Å²) in [7, 11) is 2.07. The van der Waals surface area contributed by atoms with Crippen LogP contribution in [0.2, 0.25) is 0 Å². The van der Waals surface area contributed by atoms with E-state index in [2.05, 4.69) is 49.0 Å². The number of benzene rings is 1. The van der Waals surface area contributed by atoms with Crippen LogP contribution >= 0.6 is 0 Å². The minimum atomic E-state index is 0.747. The molecule has 0 radical (unpaired) electrons. The summed E-state index contributed by atoms with van der Waals surface area (Å²) >= 11 is 0. The Balaban J connectivity index is 2.02. The van der Waals surface area contributed by atoms with Crippen LogP contribution in [-0.2, 0) is 6.42 Å². The Kier molecular flexibility index (Phi) is 4.28. The third kappa shape index (κ3) is 3.29. The van der Waals surface area contributed by atoms with Gasteiger partial charge < -0.3 is 10.6 Å². The molecule has 0 fully saturated rings. The topological polar surface area (TPSA) is 42.1 Å². The molecule has 2 N–H and O–H groups in total. The second-order valence-corrected chi connectivity index (χ2v) is 5.49. The number of hydrogen-bond acceptors (Lipinski definition) is 3. The fraction of sp³-hybridized carbons (Fsp3) is 0.353. The molecule has 0 aliphatic rings. The van der Waals surface area contributed by atoms with Crippen molar-refractivity contribution in [2.45, 2.75) is 27.2 Å². The summed E-state index contributed by atoms with van der Waals surface area (Å²) in [5, 5.41) is 0. The molecule has 0 aliphatic carbocycles. The van der Waals surface area contributed by atoms with Crippen molar-refractivity contribution >= 4 is 11.5 Å². The monoisotopic (exact) mass is 269 g/mol. The van der Waals surface area contributed by atoms with Crippen molar-refractivity contribution in [3.8, 4) is 0 Å². The molecule has 0 saturated heterocycles. The van der Waals surface area contributed by atoms with Crippen LogP contribution in [-0.4, -0.2) is 18.6 Å². The maximum absolute atomic E-state index is 5.80. The van der Waals surface area contributed by atoms with Gasteiger partial charge in [0, 0.05) is 13.6 Å². The summed E-state index contributed by atoms with van der Waals surface area (Å²) in [4.78, 5) is 6.55. The van der Waals surface area contributed by atoms with Gasteiger partial charge in [-0.1, -0.05) is 18.2 Å². The molecule has 0 unspecified atom stereocenters. The van der Waals surface area contributed by atoms with E-state index < -0.39 is 0 Å². The summed E-state index contributed by atoms with van der Waals surface area (Å²) in [5.41, 5.74) is 11.7. The molecule has 1 aromatic carbocycles. The number of anilines is 2. The van der Waals surface area contributed by atoms with Crippen molar-refractivity contribution in [1.29, 1.82) is 0 Å². The lowest BCUT2D eigenvalue weighted by molar-refractivity contribution is 0.858. The standard InChI is InChI=1S/C17H23N3/c1-12-5-6-15(9-13(12)2)7-8-20(4)17-10-14(3)16(18)11-19-17/h5-6,9-11H,7-8,18H2,1-4H3. The third-order valence-electron chi connectivity index (χ3n) is 3.84. The predicted octanol–water partition coefficient (Wildman–Crippen LogP) is 3.27. The lowest BCUT2D eigenvalue weighted by Crippen LogP contribution is -2.21. The fourth-order valence-electron chi connectivity index (χ4n) is 2.13. The lowest BCUT2D eigenvalue weighted by atomic mass is 10.0. The Labute approximate surface area is 121 Å². The summed E-state index contributed by atoms with van der Waals surface area (Å²) in [6.45, 7) is 7.26. The van der Waals surface area contributed by atoms with Crippen molar-refractivity contribution in [2.75, 3.05) is 24.2 Å². The molecule has 20 heavy (non-hydrogen) atoms. The summed E-state index contributed by atoms with van der Waals surface area (Å²) < 4.78 is 0. The highest BCUT2D eigenvalue weighted by Gasteiger charge is 2.05. The Morgan fingerprint density at radius 1 is 1.05 bits per heavy atom. The molecule has 0 aliphatic heterocycles. The van der Waals surface area contributed by atoms with Gasteiger partial charge in [0.1, 0.15) is 5.82 Å². The number of nitrogens with two attached hydrogens (primary N) is 1. The van der Waals surface area contributed by atoms with E-state index >= 15 is 0 Å². The van der Waals surface area contributed by atoms with E-state index in [-0.39, 0.29) is 0 Å². The van der Waals surface area contributed by atoms with Gasteiger partial charge in [-0.05, 0) is 55.5 Å². The first-order valence-corrected chi connectivity index (χ1v) is 6.97. The number of hydrogen-bond donors (Lipinski definition) is 1. The van der Waals surface area contributed by atoms with E-state index in [1.807, 2.05) is 13.0 Å². The molecule has 106 valence electrons. The van der Waals surface area contributed by atoms with Crippen LogP contribution in [0.25, 0.3) is 0 Å². The van der Waals surface area contributed by atoms with E-state index in [0.717, 1.165) is 30.0 Å². The van der Waals surface area contributed by atoms with Crippen LogP contribution in [0, 0.1) is 20.8 Å². The average molecular weight is 269 g/mol. The number of aryl methyl sites for hydroxylation is 3. The van der Waals surface area contributed by atoms with Crippen molar-refractivity contribution in [1.82, 2.24) is 4.98 Å². The van der Waals surface area contributed by atoms with E-state index in [4.69, 9.17) is 5.73 Å². The van der Waals surface area contributed by atoms with Crippen LogP contribution in [0.3, 0.4) is 0 Å². The Morgan fingerprint density at radius 3 is 2.45 bits per heavy atom. The van der Waals surface area contributed by atoms with Crippen LogP contribution in [0.1, 0.15) is 22.3 Å². The van der Waals surface area contributed by atoms with Gasteiger partial charge in [0.15, 0.2) is 0 Å². The van der Waals surface area contributed by atoms with Gasteiger partial charge in [0.05, 0.1) is 11.9 Å². The molecule has 2 rings (SSSR count). The number of nitrogens with zero attached hydrogens (tertiary/aromatic N) is 2. The average Bonchev–Trinajstić information content (AvgIpc) is 2.43. The third-order valence-corrected chi connectivity index (χ3v) is 3.84. The number of nitrogen functional groups attached to an aromatic ring is 1. The van der Waals surface area contributed by atoms with Crippen molar-refractivity contribution in [3.63, 3.8) is 0 Å². The molecule has 3 nitrogen and oxygen atoms in total. The zero-order chi connectivity index (χ0) is 14.7. The fourth-order valence-corrected chi connectivity index (χ4v) is 2.13. The molecule has 0 atom stereocenters. The first kappa shape index (κ1) is 14.4. The molecule has 0 spiro atoms. The predicted molar refractivity (Wildman–Crippen MR) is 86.3 cm³/mol. The molecule has 0 bridgehead atoms. The summed E-state index contributed by atoms with van der Waals surface area (Å²) in [6.07, 6.45) is 2.75. The lowest BCUT2D eigenvalue weighted by Gasteiger charge is -2.19. The zero-order valence-corrected chi connectivity index (χ0v) is 12.8. The van der Waals surface area contributed by atoms with Crippen LogP contribution in [0.15, 0.2) is 30.5 Å². The number of likely N-dealkylation sites (N-methyl/N-ethyl adjacent to an activating group) is 1. The SMILES string of the molecule is Cc1ccc(CCN(C)c2cc(C)c(N)cn2)cc1C. The van der Waals surface area contributed by atoms with Gasteiger partial charge in [-0.2, -0.15) is 0 Å². The Morgan fingerprint density at radius 2 is 1.80 bits per heavy atom. The van der Waals surface area contributed by atoms with Gasteiger partial charge in [-0.15, -0.1) is 0 Å². The van der Waals surface area contributed by atoms with Crippen LogP contribution in [0.4, 0.5) is 11.5 Å². The molecule has 0 saturated carbocycles. The Bertz CT molecular complexity index is 605. The molecule has 1 aromatic heterocycles. The Hall–Kier alpha value is -2.03. The minimum absolute atomic E-state index is 0.747. The van der Waals surface area contributed by atoms with Crippen molar-refractivity contribution in [3.05, 3.63) is 52.7 Å². The van der Waals surface area contributed by atoms with Crippen LogP contribution < -0.4 is 10.6 Å². The first-order valence-electron chi connectivity index (χ1n) is 6.97. The first-order chi connectivity index (χ1) is 9.47. The van der Waals surface area contributed by atoms with E-state index in [0.29, 0.717) is 0 Å². The van der Waals surface area contributed by atoms with E-state index in [1.165, 1.54) is 16.7 Å². The molecular formula is C17H23N3. The molecule has 0 amide bonds. The minimum Gasteiger partial charge on any atom is -0.397 e. The van der Waals surface area contributed by atoms with Crippen LogP contribution in [0.5, 0.6) is 0 Å². The smallest absolute Gasteiger partial charge is 0.128 e. The highest BCUT2D eigenvalue weighted by atomic mass is 15.2. The van der Waals surface area contributed by atoms with Gasteiger partial charge >= 0.3 is 0 Å². The second kappa shape index (κ2) is 5.95. The summed E-state index contributed by atoms with van der Waals surface area (Å²) in [6, 6.07) is 8.70. The van der Waals surface area contributed by atoms with E-state index in [1.54, 1.807) is 6.20 Å². The quantitative estimate of drug-likeness (QED) is 0.926. The normalized spacial score (nSPS) is 10.6. The highest BCUT2D eigenvalue weighted by molar-refractivity contribution is 5.51. The number of rotatable bonds is 4. The maximum Gasteiger partial charge on any atom is 0.128 e.